The fourth-order valence-corrected chi connectivity index (χ4v) is 3.42. The van der Waals surface area contributed by atoms with Crippen molar-refractivity contribution in [1.29, 1.82) is 0 Å². The first kappa shape index (κ1) is 24.6. The zero-order valence-electron chi connectivity index (χ0n) is 17.2. The molecule has 0 amide bonds. The maximum atomic E-state index is 13.8. The molecule has 0 aliphatic heterocycles. The lowest BCUT2D eigenvalue weighted by Crippen LogP contribution is -2.55. The molecule has 1 aromatic carbocycles. The molecular formula is C19H18ClF3N6O3S. The monoisotopic (exact) mass is 502 g/mol. The predicted molar refractivity (Wildman–Crippen MR) is 115 cm³/mol. The number of aromatic nitrogens is 3. The highest BCUT2D eigenvalue weighted by Gasteiger charge is 2.54. The summed E-state index contributed by atoms with van der Waals surface area (Å²) in [5.41, 5.74) is -2.63. The molecule has 3 rings (SSSR count). The highest BCUT2D eigenvalue weighted by Crippen LogP contribution is 2.34. The molecular weight excluding hydrogens is 485 g/mol. The van der Waals surface area contributed by atoms with E-state index in [-0.39, 0.29) is 16.5 Å². The van der Waals surface area contributed by atoms with E-state index in [0.717, 1.165) is 6.33 Å². The number of alkyl halides is 3. The van der Waals surface area contributed by atoms with Crippen molar-refractivity contribution in [3.63, 3.8) is 0 Å². The first-order chi connectivity index (χ1) is 15.4. The van der Waals surface area contributed by atoms with Gasteiger partial charge < -0.3 is 10.6 Å². The number of hydrogen-bond acceptors (Lipinski definition) is 8. The predicted octanol–water partition coefficient (Wildman–Crippen LogP) is 4.18. The minimum absolute atomic E-state index is 0.121. The van der Waals surface area contributed by atoms with E-state index in [1.807, 2.05) is 0 Å². The maximum absolute atomic E-state index is 13.8. The van der Waals surface area contributed by atoms with Crippen molar-refractivity contribution in [3.05, 3.63) is 65.6 Å². The van der Waals surface area contributed by atoms with E-state index >= 15 is 0 Å². The Bertz CT molecular complexity index is 1230. The highest BCUT2D eigenvalue weighted by molar-refractivity contribution is 7.89. The van der Waals surface area contributed by atoms with Crippen LogP contribution in [0.1, 0.15) is 12.6 Å². The normalized spacial score (nSPS) is 13.9. The largest absolute Gasteiger partial charge is 0.438 e. The van der Waals surface area contributed by atoms with Crippen LogP contribution in [-0.2, 0) is 14.9 Å². The summed E-state index contributed by atoms with van der Waals surface area (Å²) in [4.78, 5) is 17.7. The Morgan fingerprint density at radius 1 is 1.00 bits per heavy atom. The van der Waals surface area contributed by atoms with Gasteiger partial charge in [0.25, 0.3) is 15.7 Å². The molecule has 0 spiro atoms. The van der Waals surface area contributed by atoms with Crippen LogP contribution in [-0.4, -0.2) is 35.3 Å². The lowest BCUT2D eigenvalue weighted by atomic mass is 10.2. The van der Waals surface area contributed by atoms with Gasteiger partial charge in [0.1, 0.15) is 23.8 Å². The number of nitrogens with zero attached hydrogens (tertiary/aromatic N) is 3. The van der Waals surface area contributed by atoms with Crippen LogP contribution in [0.25, 0.3) is 0 Å². The second-order valence-electron chi connectivity index (χ2n) is 6.84. The third kappa shape index (κ3) is 6.07. The van der Waals surface area contributed by atoms with Crippen LogP contribution in [0.4, 0.5) is 30.6 Å². The van der Waals surface area contributed by atoms with Gasteiger partial charge in [-0.1, -0.05) is 34.7 Å². The molecule has 2 aromatic heterocycles. The van der Waals surface area contributed by atoms with Crippen molar-refractivity contribution >= 4 is 39.1 Å². The van der Waals surface area contributed by atoms with E-state index in [1.165, 1.54) is 35.2 Å². The summed E-state index contributed by atoms with van der Waals surface area (Å²) in [6, 6.07) is 11.1. The molecule has 14 heteroatoms. The molecule has 0 saturated heterocycles. The lowest BCUT2D eigenvalue weighted by Gasteiger charge is -2.32. The molecule has 176 valence electrons. The molecule has 33 heavy (non-hydrogen) atoms. The van der Waals surface area contributed by atoms with Crippen LogP contribution < -0.4 is 15.5 Å². The summed E-state index contributed by atoms with van der Waals surface area (Å²) in [5, 5.41) is 5.33. The summed E-state index contributed by atoms with van der Waals surface area (Å²) in [6.45, 7) is 2.29. The zero-order valence-corrected chi connectivity index (χ0v) is 18.8. The molecule has 0 fully saturated rings. The standard InChI is InChI=1S/C19H18ClF3N6O3S/c1-12-14(20)8-9-15(26-12)27-16-10-17(25-11-24-16)28-18(2,19(21,22)23)32-29-33(30,31)13-6-4-3-5-7-13/h3-11,29H,1-2H3,(H2,24,25,26,27,28). The fraction of sp³-hybridized carbons (Fsp3) is 0.211. The summed E-state index contributed by atoms with van der Waals surface area (Å²) >= 11 is 5.93. The molecule has 3 aromatic rings. The van der Waals surface area contributed by atoms with Crippen LogP contribution >= 0.6 is 11.6 Å². The van der Waals surface area contributed by atoms with Crippen molar-refractivity contribution in [1.82, 2.24) is 19.8 Å². The summed E-state index contributed by atoms with van der Waals surface area (Å²) in [6.07, 6.45) is -4.03. The highest BCUT2D eigenvalue weighted by atomic mass is 35.5. The van der Waals surface area contributed by atoms with Crippen molar-refractivity contribution in [3.8, 4) is 0 Å². The Balaban J connectivity index is 1.80. The molecule has 0 saturated carbocycles. The van der Waals surface area contributed by atoms with Gasteiger partial charge in [-0.25, -0.2) is 28.2 Å². The smallest absolute Gasteiger partial charge is 0.333 e. The van der Waals surface area contributed by atoms with Crippen LogP contribution in [0, 0.1) is 6.92 Å². The number of benzene rings is 1. The molecule has 0 aliphatic carbocycles. The molecule has 0 bridgehead atoms. The minimum atomic E-state index is -5.04. The molecule has 0 radical (unpaired) electrons. The van der Waals surface area contributed by atoms with Gasteiger partial charge >= 0.3 is 6.18 Å². The Kier molecular flexibility index (Phi) is 7.07. The number of pyridine rings is 1. The molecule has 3 N–H and O–H groups in total. The van der Waals surface area contributed by atoms with E-state index in [4.69, 9.17) is 11.6 Å². The Labute approximate surface area is 192 Å². The van der Waals surface area contributed by atoms with Gasteiger partial charge in [-0.3, -0.25) is 0 Å². The first-order valence-electron chi connectivity index (χ1n) is 9.22. The minimum Gasteiger partial charge on any atom is -0.333 e. The van der Waals surface area contributed by atoms with E-state index in [1.54, 1.807) is 25.1 Å². The van der Waals surface area contributed by atoms with E-state index in [2.05, 4.69) is 30.4 Å². The average Bonchev–Trinajstić information content (AvgIpc) is 2.75. The van der Waals surface area contributed by atoms with Crippen molar-refractivity contribution < 1.29 is 26.4 Å². The number of halogens is 4. The number of nitrogens with one attached hydrogen (secondary N) is 3. The molecule has 9 nitrogen and oxygen atoms in total. The average molecular weight is 503 g/mol. The Morgan fingerprint density at radius 3 is 2.30 bits per heavy atom. The number of aryl methyl sites for hydroxylation is 1. The first-order valence-corrected chi connectivity index (χ1v) is 11.1. The van der Waals surface area contributed by atoms with E-state index < -0.39 is 21.9 Å². The van der Waals surface area contributed by atoms with Gasteiger partial charge in [0.2, 0.25) is 0 Å². The number of anilines is 3. The van der Waals surface area contributed by atoms with Gasteiger partial charge in [-0.15, -0.1) is 0 Å². The molecule has 1 unspecified atom stereocenters. The van der Waals surface area contributed by atoms with Gasteiger partial charge in [-0.05, 0) is 38.1 Å². The summed E-state index contributed by atoms with van der Waals surface area (Å²) in [5.74, 6) is 0.181. The Morgan fingerprint density at radius 2 is 1.67 bits per heavy atom. The van der Waals surface area contributed by atoms with Crippen LogP contribution in [0.15, 0.2) is 59.8 Å². The van der Waals surface area contributed by atoms with E-state index in [9.17, 15) is 21.6 Å². The lowest BCUT2D eigenvalue weighted by molar-refractivity contribution is -0.268. The quantitative estimate of drug-likeness (QED) is 0.310. The van der Waals surface area contributed by atoms with E-state index in [0.29, 0.717) is 23.5 Å². The topological polar surface area (TPSA) is 118 Å². The third-order valence-corrected chi connectivity index (χ3v) is 5.86. The van der Waals surface area contributed by atoms with Gasteiger partial charge in [0, 0.05) is 6.07 Å². The van der Waals surface area contributed by atoms with Crippen LogP contribution in [0.2, 0.25) is 5.02 Å². The second-order valence-corrected chi connectivity index (χ2v) is 8.89. The number of hydrogen-bond donors (Lipinski definition) is 3. The summed E-state index contributed by atoms with van der Waals surface area (Å²) in [7, 11) is -4.38. The van der Waals surface area contributed by atoms with Crippen LogP contribution in [0.3, 0.4) is 0 Å². The zero-order chi connectivity index (χ0) is 24.3. The molecule has 1 atom stereocenters. The van der Waals surface area contributed by atoms with Gasteiger partial charge in [0.05, 0.1) is 15.6 Å². The fourth-order valence-electron chi connectivity index (χ4n) is 2.42. The SMILES string of the molecule is Cc1nc(Nc2cc(NC(C)(ONS(=O)(=O)c3ccccc3)C(F)(F)F)ncn2)ccc1Cl. The number of rotatable bonds is 8. The maximum Gasteiger partial charge on any atom is 0.438 e. The Hall–Kier alpha value is -3.00. The van der Waals surface area contributed by atoms with Crippen LogP contribution in [0.5, 0.6) is 0 Å². The van der Waals surface area contributed by atoms with Crippen molar-refractivity contribution in [2.45, 2.75) is 30.6 Å². The molecule has 0 aliphatic rings. The third-order valence-electron chi connectivity index (χ3n) is 4.26. The van der Waals surface area contributed by atoms with Crippen molar-refractivity contribution in [2.24, 2.45) is 0 Å². The van der Waals surface area contributed by atoms with Gasteiger partial charge in [0.15, 0.2) is 0 Å². The van der Waals surface area contributed by atoms with Crippen molar-refractivity contribution in [2.75, 3.05) is 10.6 Å². The number of sulfonamides is 1. The van der Waals surface area contributed by atoms with Gasteiger partial charge in [-0.2, -0.15) is 13.2 Å². The summed E-state index contributed by atoms with van der Waals surface area (Å²) < 4.78 is 65.9. The second kappa shape index (κ2) is 9.47. The molecule has 2 heterocycles.